The van der Waals surface area contributed by atoms with Crippen LogP contribution in [-0.4, -0.2) is 67.0 Å². The zero-order chi connectivity index (χ0) is 24.7. The first-order valence-electron chi connectivity index (χ1n) is 11.4. The third-order valence-electron chi connectivity index (χ3n) is 6.26. The normalized spacial score (nSPS) is 16.9. The maximum absolute atomic E-state index is 12.6. The van der Waals surface area contributed by atoms with Gasteiger partial charge in [0.15, 0.2) is 5.78 Å². The van der Waals surface area contributed by atoms with Crippen molar-refractivity contribution in [1.29, 1.82) is 0 Å². The van der Waals surface area contributed by atoms with Crippen molar-refractivity contribution in [3.05, 3.63) is 49.9 Å². The first kappa shape index (κ1) is 27.0. The van der Waals surface area contributed by atoms with Gasteiger partial charge in [0, 0.05) is 25.7 Å². The third-order valence-corrected chi connectivity index (χ3v) is 7.42. The predicted molar refractivity (Wildman–Crippen MR) is 137 cm³/mol. The van der Waals surface area contributed by atoms with E-state index >= 15 is 0 Å². The lowest BCUT2D eigenvalue weighted by Gasteiger charge is -2.37. The Labute approximate surface area is 215 Å². The Balaban J connectivity index is 1.45. The van der Waals surface area contributed by atoms with E-state index in [0.717, 1.165) is 37.9 Å². The number of Topliss-reactive ketones (excluding diaryl/α,β-unsaturated/α-hetero) is 1. The molecule has 0 aromatic carbocycles. The van der Waals surface area contributed by atoms with Gasteiger partial charge in [-0.05, 0) is 80.2 Å². The second-order valence-electron chi connectivity index (χ2n) is 8.69. The summed E-state index contributed by atoms with van der Waals surface area (Å²) < 4.78 is 5.08. The number of ketones is 1. The van der Waals surface area contributed by atoms with Crippen LogP contribution in [-0.2, 0) is 9.53 Å². The molecule has 1 amide bonds. The van der Waals surface area contributed by atoms with Crippen molar-refractivity contribution in [3.63, 3.8) is 0 Å². The van der Waals surface area contributed by atoms with Gasteiger partial charge in [-0.25, -0.2) is 4.98 Å². The van der Waals surface area contributed by atoms with Gasteiger partial charge < -0.3 is 20.3 Å². The zero-order valence-corrected chi connectivity index (χ0v) is 22.1. The molecule has 0 saturated carbocycles. The van der Waals surface area contributed by atoms with Gasteiger partial charge in [0.2, 0.25) is 0 Å². The number of rotatable bonds is 11. The number of methoxy groups -OCH3 is 1. The Hall–Kier alpha value is -1.55. The van der Waals surface area contributed by atoms with Crippen molar-refractivity contribution in [2.24, 2.45) is 0 Å². The van der Waals surface area contributed by atoms with Crippen LogP contribution in [0.5, 0.6) is 0 Å². The molecule has 2 atom stereocenters. The van der Waals surface area contributed by atoms with Crippen molar-refractivity contribution < 1.29 is 14.3 Å². The molecular formula is C24H32Cl2N4O3S. The molecule has 0 aliphatic carbocycles. The molecule has 0 bridgehead atoms. The number of carbonyl (C=O) groups excluding carboxylic acids is 2. The smallest absolute Gasteiger partial charge is 0.254 e. The van der Waals surface area contributed by atoms with Crippen molar-refractivity contribution in [1.82, 2.24) is 20.5 Å². The minimum absolute atomic E-state index is 0.0543. The summed E-state index contributed by atoms with van der Waals surface area (Å²) in [5.74, 6) is -0.180. The summed E-state index contributed by atoms with van der Waals surface area (Å²) in [6, 6.07) is 3.90. The molecule has 3 heterocycles. The topological polar surface area (TPSA) is 83.6 Å². The Bertz CT molecular complexity index is 942. The molecule has 1 aliphatic heterocycles. The second kappa shape index (κ2) is 13.0. The van der Waals surface area contributed by atoms with Crippen LogP contribution >= 0.6 is 34.5 Å². The largest absolute Gasteiger partial charge is 0.377 e. The van der Waals surface area contributed by atoms with Gasteiger partial charge in [-0.2, -0.15) is 11.3 Å². The van der Waals surface area contributed by atoms with Crippen LogP contribution in [0, 0.1) is 6.92 Å². The van der Waals surface area contributed by atoms with Crippen LogP contribution in [0.15, 0.2) is 22.9 Å². The molecular weight excluding hydrogens is 495 g/mol. The van der Waals surface area contributed by atoms with Gasteiger partial charge >= 0.3 is 0 Å². The van der Waals surface area contributed by atoms with E-state index in [1.54, 1.807) is 31.4 Å². The molecule has 34 heavy (non-hydrogen) atoms. The highest BCUT2D eigenvalue weighted by Crippen LogP contribution is 2.23. The average Bonchev–Trinajstić information content (AvgIpc) is 3.31. The molecule has 3 rings (SSSR count). The van der Waals surface area contributed by atoms with E-state index < -0.39 is 0 Å². The fourth-order valence-corrected chi connectivity index (χ4v) is 5.62. The zero-order valence-electron chi connectivity index (χ0n) is 19.8. The number of piperidine rings is 1. The lowest BCUT2D eigenvalue weighted by Crippen LogP contribution is -2.48. The number of thiophene rings is 1. The summed E-state index contributed by atoms with van der Waals surface area (Å²) >= 11 is 13.6. The minimum atomic E-state index is -0.326. The molecule has 2 N–H and O–H groups in total. The van der Waals surface area contributed by atoms with Gasteiger partial charge in [0.25, 0.3) is 5.91 Å². The quantitative estimate of drug-likeness (QED) is 0.425. The molecule has 0 radical (unpaired) electrons. The molecule has 0 spiro atoms. The van der Waals surface area contributed by atoms with Crippen LogP contribution < -0.4 is 10.6 Å². The molecule has 1 aliphatic rings. The van der Waals surface area contributed by atoms with E-state index in [1.807, 2.05) is 16.8 Å². The van der Waals surface area contributed by atoms with Gasteiger partial charge in [0.05, 0.1) is 11.6 Å². The van der Waals surface area contributed by atoms with E-state index in [2.05, 4.69) is 27.4 Å². The number of amides is 1. The van der Waals surface area contributed by atoms with Crippen LogP contribution in [0.1, 0.15) is 53.7 Å². The highest BCUT2D eigenvalue weighted by Gasteiger charge is 2.28. The maximum atomic E-state index is 12.6. The molecule has 2 aromatic rings. The second-order valence-corrected chi connectivity index (χ2v) is 10.2. The monoisotopic (exact) mass is 526 g/mol. The van der Waals surface area contributed by atoms with Gasteiger partial charge in [-0.15, -0.1) is 0 Å². The number of nitrogens with one attached hydrogen (secondary N) is 2. The lowest BCUT2D eigenvalue weighted by atomic mass is 9.98. The molecule has 7 nitrogen and oxygen atoms in total. The minimum Gasteiger partial charge on any atom is -0.377 e. The molecule has 2 aromatic heterocycles. The van der Waals surface area contributed by atoms with E-state index in [0.29, 0.717) is 23.7 Å². The van der Waals surface area contributed by atoms with Gasteiger partial charge in [-0.1, -0.05) is 23.2 Å². The van der Waals surface area contributed by atoms with Crippen LogP contribution in [0.2, 0.25) is 10.3 Å². The summed E-state index contributed by atoms with van der Waals surface area (Å²) in [7, 11) is 1.55. The standard InChI is InChI=1S/C24H32Cl2N4O3S/c1-15-12-20(25)29-23(26)21(15)24(32)27-8-4-16(2)30-9-5-18(6-10-30)28-22(19(31)13-33-3)17-7-11-34-14-17/h7,11-12,14,16,18,22,28H,4-6,8-10,13H2,1-3H3,(H,27,32)/t16-,22?/m1/s1. The summed E-state index contributed by atoms with van der Waals surface area (Å²) in [5.41, 5.74) is 2.08. The van der Waals surface area contributed by atoms with E-state index in [9.17, 15) is 9.59 Å². The van der Waals surface area contributed by atoms with E-state index in [-0.39, 0.29) is 40.7 Å². The first-order chi connectivity index (χ1) is 16.3. The molecule has 1 fully saturated rings. The third kappa shape index (κ3) is 7.23. The highest BCUT2D eigenvalue weighted by atomic mass is 35.5. The number of aromatic nitrogens is 1. The number of nitrogens with zero attached hydrogens (tertiary/aromatic N) is 2. The molecule has 186 valence electrons. The summed E-state index contributed by atoms with van der Waals surface area (Å²) in [5, 5.41) is 10.9. The predicted octanol–water partition coefficient (Wildman–Crippen LogP) is 4.28. The van der Waals surface area contributed by atoms with Crippen LogP contribution in [0.3, 0.4) is 0 Å². The van der Waals surface area contributed by atoms with Gasteiger partial charge in [-0.3, -0.25) is 9.59 Å². The number of carbonyl (C=O) groups is 2. The lowest BCUT2D eigenvalue weighted by molar-refractivity contribution is -0.125. The number of ether oxygens (including phenoxy) is 1. The summed E-state index contributed by atoms with van der Waals surface area (Å²) in [6.07, 6.45) is 2.75. The van der Waals surface area contributed by atoms with Gasteiger partial charge in [0.1, 0.15) is 16.9 Å². The Morgan fingerprint density at radius 2 is 2.06 bits per heavy atom. The number of hydrogen-bond donors (Lipinski definition) is 2. The fraction of sp³-hybridized carbons (Fsp3) is 0.542. The van der Waals surface area contributed by atoms with Crippen LogP contribution in [0.25, 0.3) is 0 Å². The van der Waals surface area contributed by atoms with E-state index in [4.69, 9.17) is 27.9 Å². The Morgan fingerprint density at radius 3 is 2.68 bits per heavy atom. The summed E-state index contributed by atoms with van der Waals surface area (Å²) in [6.45, 7) is 6.49. The van der Waals surface area contributed by atoms with Crippen molar-refractivity contribution in [3.8, 4) is 0 Å². The van der Waals surface area contributed by atoms with Crippen molar-refractivity contribution >= 4 is 46.2 Å². The van der Waals surface area contributed by atoms with E-state index in [1.165, 1.54) is 0 Å². The molecule has 1 saturated heterocycles. The number of likely N-dealkylation sites (tertiary alicyclic amines) is 1. The maximum Gasteiger partial charge on any atom is 0.254 e. The highest BCUT2D eigenvalue weighted by molar-refractivity contribution is 7.08. The molecule has 10 heteroatoms. The Morgan fingerprint density at radius 1 is 1.32 bits per heavy atom. The number of aryl methyl sites for hydroxylation is 1. The Kier molecular flexibility index (Phi) is 10.3. The number of hydrogen-bond acceptors (Lipinski definition) is 7. The SMILES string of the molecule is COCC(=O)C(NC1CCN([C@H](C)CCNC(=O)c2c(C)cc(Cl)nc2Cl)CC1)c1ccsc1. The number of pyridine rings is 1. The van der Waals surface area contributed by atoms with Crippen LogP contribution in [0.4, 0.5) is 0 Å². The molecule has 1 unspecified atom stereocenters. The van der Waals surface area contributed by atoms with Crippen molar-refractivity contribution in [2.45, 2.75) is 51.2 Å². The fourth-order valence-electron chi connectivity index (χ4n) is 4.32. The first-order valence-corrected chi connectivity index (χ1v) is 13.1. The number of halogens is 2. The average molecular weight is 528 g/mol. The summed E-state index contributed by atoms with van der Waals surface area (Å²) in [4.78, 5) is 31.5. The van der Waals surface area contributed by atoms with Crippen molar-refractivity contribution in [2.75, 3.05) is 33.4 Å².